The molecule has 2 heterocycles. The Hall–Kier alpha value is -1.98. The fourth-order valence-electron chi connectivity index (χ4n) is 2.71. The number of hydrogen-bond acceptors (Lipinski definition) is 2. The zero-order valence-corrected chi connectivity index (χ0v) is 16.2. The summed E-state index contributed by atoms with van der Waals surface area (Å²) in [7, 11) is -3.68. The number of benzene rings is 1. The second-order valence-corrected chi connectivity index (χ2v) is 9.31. The van der Waals surface area contributed by atoms with Crippen LogP contribution in [0.15, 0.2) is 53.6 Å². The summed E-state index contributed by atoms with van der Waals surface area (Å²) in [6.45, 7) is 8.21. The molecule has 0 saturated carbocycles. The van der Waals surface area contributed by atoms with E-state index in [1.165, 1.54) is 0 Å². The summed E-state index contributed by atoms with van der Waals surface area (Å²) < 4.78 is 29.9. The molecule has 6 heteroatoms. The van der Waals surface area contributed by atoms with Gasteiger partial charge in [0, 0.05) is 6.20 Å². The predicted octanol–water partition coefficient (Wildman–Crippen LogP) is 5.00. The topological polar surface area (TPSA) is 50.6 Å². The molecule has 0 spiro atoms. The maximum Gasteiger partial charge on any atom is 0.263 e. The fourth-order valence-corrected chi connectivity index (χ4v) is 3.97. The average molecular weight is 377 g/mol. The molecular weight excluding hydrogens is 356 g/mol. The molecule has 0 bridgehead atoms. The van der Waals surface area contributed by atoms with Gasteiger partial charge in [0.05, 0.1) is 15.4 Å². The number of hydrogen-bond donors (Lipinski definition) is 1. The van der Waals surface area contributed by atoms with Gasteiger partial charge in [0.25, 0.3) is 10.0 Å². The molecule has 0 aliphatic heterocycles. The number of rotatable bonds is 3. The van der Waals surface area contributed by atoms with Crippen LogP contribution >= 0.6 is 11.6 Å². The highest BCUT2D eigenvalue weighted by atomic mass is 35.5. The minimum absolute atomic E-state index is 0.0271. The van der Waals surface area contributed by atoms with Crippen molar-refractivity contribution in [2.45, 2.75) is 38.0 Å². The van der Waals surface area contributed by atoms with Gasteiger partial charge in [-0.2, -0.15) is 0 Å². The van der Waals surface area contributed by atoms with Gasteiger partial charge in [-0.05, 0) is 53.8 Å². The van der Waals surface area contributed by atoms with Gasteiger partial charge in [-0.1, -0.05) is 44.5 Å². The Bertz CT molecular complexity index is 1030. The van der Waals surface area contributed by atoms with Crippen LogP contribution in [-0.2, 0) is 15.4 Å². The number of sulfonamides is 1. The van der Waals surface area contributed by atoms with E-state index in [2.05, 4.69) is 25.5 Å². The summed E-state index contributed by atoms with van der Waals surface area (Å²) in [6, 6.07) is 12.2. The first-order valence-electron chi connectivity index (χ1n) is 7.98. The van der Waals surface area contributed by atoms with E-state index in [1.54, 1.807) is 28.7 Å². The third-order valence-electron chi connectivity index (χ3n) is 4.12. The average Bonchev–Trinajstić information content (AvgIpc) is 2.92. The molecule has 3 rings (SSSR count). The highest BCUT2D eigenvalue weighted by molar-refractivity contribution is 7.92. The molecule has 0 saturated heterocycles. The third-order valence-corrected chi connectivity index (χ3v) is 5.81. The van der Waals surface area contributed by atoms with Gasteiger partial charge in [-0.15, -0.1) is 0 Å². The Kier molecular flexibility index (Phi) is 4.33. The molecule has 3 aromatic rings. The number of aryl methyl sites for hydroxylation is 1. The van der Waals surface area contributed by atoms with Crippen LogP contribution in [0, 0.1) is 6.92 Å². The molecule has 0 atom stereocenters. The van der Waals surface area contributed by atoms with Crippen molar-refractivity contribution in [3.8, 4) is 0 Å². The van der Waals surface area contributed by atoms with E-state index in [0.717, 1.165) is 16.6 Å². The number of nitrogens with zero attached hydrogens (tertiary/aromatic N) is 1. The van der Waals surface area contributed by atoms with E-state index < -0.39 is 10.0 Å². The second-order valence-electron chi connectivity index (χ2n) is 7.22. The van der Waals surface area contributed by atoms with Crippen LogP contribution < -0.4 is 4.72 Å². The second kappa shape index (κ2) is 6.07. The molecule has 1 aromatic carbocycles. The molecule has 2 aromatic heterocycles. The van der Waals surface area contributed by atoms with Crippen LogP contribution in [0.4, 0.5) is 5.82 Å². The van der Waals surface area contributed by atoms with Gasteiger partial charge in [-0.3, -0.25) is 4.72 Å². The highest BCUT2D eigenvalue weighted by Gasteiger charge is 2.19. The van der Waals surface area contributed by atoms with E-state index in [4.69, 9.17) is 11.6 Å². The van der Waals surface area contributed by atoms with E-state index in [0.29, 0.717) is 10.8 Å². The van der Waals surface area contributed by atoms with Crippen molar-refractivity contribution in [3.63, 3.8) is 0 Å². The van der Waals surface area contributed by atoms with Crippen LogP contribution in [0.5, 0.6) is 0 Å². The number of anilines is 1. The fraction of sp³-hybridized carbons (Fsp3) is 0.263. The molecule has 4 nitrogen and oxygen atoms in total. The summed E-state index contributed by atoms with van der Waals surface area (Å²) in [4.78, 5) is 0.229. The molecule has 0 aliphatic rings. The lowest BCUT2D eigenvalue weighted by molar-refractivity contribution is 0.587. The Labute approximate surface area is 153 Å². The lowest BCUT2D eigenvalue weighted by atomic mass is 9.87. The van der Waals surface area contributed by atoms with Crippen LogP contribution in [0.1, 0.15) is 31.9 Å². The number of pyridine rings is 1. The van der Waals surface area contributed by atoms with Gasteiger partial charge < -0.3 is 4.40 Å². The monoisotopic (exact) mass is 376 g/mol. The minimum Gasteiger partial charge on any atom is -0.301 e. The van der Waals surface area contributed by atoms with Crippen molar-refractivity contribution in [2.75, 3.05) is 4.72 Å². The normalized spacial score (nSPS) is 12.5. The van der Waals surface area contributed by atoms with Crippen LogP contribution in [-0.4, -0.2) is 12.8 Å². The van der Waals surface area contributed by atoms with Crippen molar-refractivity contribution in [2.24, 2.45) is 0 Å². The quantitative estimate of drug-likeness (QED) is 0.699. The molecular formula is C19H21ClN2O2S. The van der Waals surface area contributed by atoms with Gasteiger partial charge >= 0.3 is 0 Å². The van der Waals surface area contributed by atoms with E-state index in [1.807, 2.05) is 31.3 Å². The molecule has 0 radical (unpaired) electrons. The zero-order valence-electron chi connectivity index (χ0n) is 14.7. The van der Waals surface area contributed by atoms with E-state index in [9.17, 15) is 8.42 Å². The first kappa shape index (κ1) is 17.8. The predicted molar refractivity (Wildman–Crippen MR) is 103 cm³/mol. The molecule has 0 aliphatic carbocycles. The Morgan fingerprint density at radius 3 is 2.28 bits per heavy atom. The standard InChI is InChI=1S/C19H21ClN2O2S/c1-13-11-17-16(20)9-10-18(22(17)12-13)21-25(23,24)15-7-5-14(6-8-15)19(2,3)4/h5-12,21H,1-4H3. The molecule has 25 heavy (non-hydrogen) atoms. The van der Waals surface area contributed by atoms with E-state index in [-0.39, 0.29) is 10.3 Å². The lowest BCUT2D eigenvalue weighted by Crippen LogP contribution is -2.16. The van der Waals surface area contributed by atoms with Crippen molar-refractivity contribution in [1.29, 1.82) is 0 Å². The van der Waals surface area contributed by atoms with Crippen molar-refractivity contribution in [3.05, 3.63) is 64.8 Å². The number of halogens is 1. The third kappa shape index (κ3) is 3.53. The van der Waals surface area contributed by atoms with Gasteiger partial charge in [0.2, 0.25) is 0 Å². The molecule has 0 unspecified atom stereocenters. The Morgan fingerprint density at radius 1 is 1.04 bits per heavy atom. The smallest absolute Gasteiger partial charge is 0.263 e. The highest BCUT2D eigenvalue weighted by Crippen LogP contribution is 2.27. The van der Waals surface area contributed by atoms with Crippen LogP contribution in [0.2, 0.25) is 5.02 Å². The van der Waals surface area contributed by atoms with Crippen LogP contribution in [0.3, 0.4) is 0 Å². The van der Waals surface area contributed by atoms with Gasteiger partial charge in [0.1, 0.15) is 5.82 Å². The Balaban J connectivity index is 1.98. The number of aromatic nitrogens is 1. The molecule has 132 valence electrons. The van der Waals surface area contributed by atoms with Crippen molar-refractivity contribution < 1.29 is 8.42 Å². The number of nitrogens with one attached hydrogen (secondary N) is 1. The summed E-state index contributed by atoms with van der Waals surface area (Å²) in [5.41, 5.74) is 2.83. The first-order chi connectivity index (χ1) is 11.6. The summed E-state index contributed by atoms with van der Waals surface area (Å²) in [6.07, 6.45) is 1.85. The molecule has 0 amide bonds. The minimum atomic E-state index is -3.68. The van der Waals surface area contributed by atoms with Gasteiger partial charge in [0.15, 0.2) is 0 Å². The SMILES string of the molecule is Cc1cc2c(Cl)ccc(NS(=O)(=O)c3ccc(C(C)(C)C)cc3)n2c1. The largest absolute Gasteiger partial charge is 0.301 e. The van der Waals surface area contributed by atoms with Crippen LogP contribution in [0.25, 0.3) is 5.52 Å². The first-order valence-corrected chi connectivity index (χ1v) is 9.85. The summed E-state index contributed by atoms with van der Waals surface area (Å²) in [5, 5.41) is 0.575. The summed E-state index contributed by atoms with van der Waals surface area (Å²) >= 11 is 6.19. The van der Waals surface area contributed by atoms with Crippen molar-refractivity contribution >= 4 is 33.0 Å². The molecule has 1 N–H and O–H groups in total. The maximum absolute atomic E-state index is 12.7. The van der Waals surface area contributed by atoms with Gasteiger partial charge in [-0.25, -0.2) is 8.42 Å². The molecule has 0 fully saturated rings. The zero-order chi connectivity index (χ0) is 18.4. The maximum atomic E-state index is 12.7. The lowest BCUT2D eigenvalue weighted by Gasteiger charge is -2.19. The van der Waals surface area contributed by atoms with E-state index >= 15 is 0 Å². The summed E-state index contributed by atoms with van der Waals surface area (Å²) in [5.74, 6) is 0.451. The van der Waals surface area contributed by atoms with Crippen molar-refractivity contribution in [1.82, 2.24) is 4.40 Å². The number of fused-ring (bicyclic) bond motifs is 1. The Morgan fingerprint density at radius 2 is 1.68 bits per heavy atom.